The van der Waals surface area contributed by atoms with Gasteiger partial charge in [0.1, 0.15) is 0 Å². The first-order valence-corrected chi connectivity index (χ1v) is 11.6. The summed E-state index contributed by atoms with van der Waals surface area (Å²) in [6.07, 6.45) is 4.38. The van der Waals surface area contributed by atoms with E-state index in [0.29, 0.717) is 11.8 Å². The second-order valence-corrected chi connectivity index (χ2v) is 9.69. The van der Waals surface area contributed by atoms with Crippen LogP contribution in [0.3, 0.4) is 0 Å². The van der Waals surface area contributed by atoms with Gasteiger partial charge in [-0.1, -0.05) is 95.8 Å². The molecule has 160 valence electrons. The quantitative estimate of drug-likeness (QED) is 0.311. The van der Waals surface area contributed by atoms with Gasteiger partial charge in [-0.15, -0.1) is 0 Å². The van der Waals surface area contributed by atoms with Crippen LogP contribution in [0.1, 0.15) is 80.3 Å². The maximum atomic E-state index is 2.46. The summed E-state index contributed by atoms with van der Waals surface area (Å²) in [5.41, 5.74) is 8.86. The lowest BCUT2D eigenvalue weighted by atomic mass is 9.86. The van der Waals surface area contributed by atoms with Gasteiger partial charge < -0.3 is 0 Å². The molecule has 4 aromatic carbocycles. The highest BCUT2D eigenvalue weighted by Crippen LogP contribution is 2.33. The number of hydrogen-bond acceptors (Lipinski definition) is 0. The molecular formula is C31H36. The fourth-order valence-corrected chi connectivity index (χ4v) is 5.11. The van der Waals surface area contributed by atoms with Crippen LogP contribution in [-0.2, 0) is 25.7 Å². The summed E-state index contributed by atoms with van der Waals surface area (Å²) in [4.78, 5) is 0. The molecule has 0 nitrogen and oxygen atoms in total. The van der Waals surface area contributed by atoms with E-state index in [9.17, 15) is 0 Å². The van der Waals surface area contributed by atoms with Gasteiger partial charge in [0.25, 0.3) is 0 Å². The molecule has 0 heteroatoms. The standard InChI is InChI=1S/C30H32.CH4/c1-19(2)25-13-15-27-21-5-9-23(29(27)17-25)11-7-22-6-10-24(12-8-21)30-18-26(20(3)4)14-16-28(22)30;/h5-6,9-10,13-20H,7-8,11-12H2,1-4H3;1H4. The van der Waals surface area contributed by atoms with Crippen LogP contribution >= 0.6 is 0 Å². The van der Waals surface area contributed by atoms with Crippen molar-refractivity contribution in [1.29, 1.82) is 0 Å². The number of rotatable bonds is 2. The molecule has 0 aliphatic heterocycles. The SMILES string of the molecule is C.CC(C)c1ccc2c3ccc(c2c1)CCc1ccc(c2cc(C(C)C)ccc12)CC3. The summed E-state index contributed by atoms with van der Waals surface area (Å²) in [5, 5.41) is 5.86. The van der Waals surface area contributed by atoms with Gasteiger partial charge in [0.2, 0.25) is 0 Å². The first-order valence-electron chi connectivity index (χ1n) is 11.6. The largest absolute Gasteiger partial charge is 0.0776 e. The predicted molar refractivity (Wildman–Crippen MR) is 138 cm³/mol. The predicted octanol–water partition coefficient (Wildman–Crippen LogP) is 8.76. The van der Waals surface area contributed by atoms with Gasteiger partial charge in [-0.25, -0.2) is 0 Å². The fraction of sp³-hybridized carbons (Fsp3) is 0.355. The summed E-state index contributed by atoms with van der Waals surface area (Å²) in [5.74, 6) is 1.13. The van der Waals surface area contributed by atoms with Gasteiger partial charge in [-0.2, -0.15) is 0 Å². The molecule has 0 saturated heterocycles. The van der Waals surface area contributed by atoms with Crippen molar-refractivity contribution in [2.24, 2.45) is 0 Å². The normalized spacial score (nSPS) is 13.6. The third-order valence-corrected chi connectivity index (χ3v) is 7.10. The van der Waals surface area contributed by atoms with E-state index in [0.717, 1.165) is 25.7 Å². The van der Waals surface area contributed by atoms with Gasteiger partial charge in [0.05, 0.1) is 0 Å². The van der Waals surface area contributed by atoms with Crippen LogP contribution in [0.15, 0.2) is 60.7 Å². The van der Waals surface area contributed by atoms with E-state index in [1.165, 1.54) is 54.9 Å². The lowest BCUT2D eigenvalue weighted by molar-refractivity contribution is 0.867. The van der Waals surface area contributed by atoms with Crippen molar-refractivity contribution in [2.45, 2.75) is 72.6 Å². The van der Waals surface area contributed by atoms with Crippen molar-refractivity contribution < 1.29 is 0 Å². The molecule has 0 amide bonds. The van der Waals surface area contributed by atoms with Crippen molar-refractivity contribution in [3.05, 3.63) is 94.0 Å². The van der Waals surface area contributed by atoms with Crippen molar-refractivity contribution in [1.82, 2.24) is 0 Å². The molecule has 4 bridgehead atoms. The molecule has 0 saturated carbocycles. The Balaban J connectivity index is 0.00000231. The molecule has 0 radical (unpaired) electrons. The smallest absolute Gasteiger partial charge is 0.0146 e. The second-order valence-electron chi connectivity index (χ2n) is 9.69. The highest BCUT2D eigenvalue weighted by Gasteiger charge is 2.14. The number of benzene rings is 4. The molecule has 0 spiro atoms. The molecule has 4 aromatic rings. The lowest BCUT2D eigenvalue weighted by Crippen LogP contribution is -2.02. The molecule has 0 N–H and O–H groups in total. The van der Waals surface area contributed by atoms with Gasteiger partial charge in [0, 0.05) is 0 Å². The summed E-state index contributed by atoms with van der Waals surface area (Å²) in [6.45, 7) is 9.17. The highest BCUT2D eigenvalue weighted by molar-refractivity contribution is 5.91. The molecule has 0 aromatic heterocycles. The molecule has 0 fully saturated rings. The van der Waals surface area contributed by atoms with E-state index in [2.05, 4.69) is 88.4 Å². The molecular weight excluding hydrogens is 372 g/mol. The van der Waals surface area contributed by atoms with Crippen LogP contribution in [0, 0.1) is 0 Å². The summed E-state index contributed by atoms with van der Waals surface area (Å²) < 4.78 is 0. The Bertz CT molecular complexity index is 1140. The lowest BCUT2D eigenvalue weighted by Gasteiger charge is -2.18. The molecule has 31 heavy (non-hydrogen) atoms. The molecule has 0 heterocycles. The van der Waals surface area contributed by atoms with Gasteiger partial charge in [0.15, 0.2) is 0 Å². The van der Waals surface area contributed by atoms with Crippen molar-refractivity contribution in [3.63, 3.8) is 0 Å². The maximum absolute atomic E-state index is 2.46. The van der Waals surface area contributed by atoms with Crippen LogP contribution in [-0.4, -0.2) is 0 Å². The minimum Gasteiger partial charge on any atom is -0.0776 e. The summed E-state index contributed by atoms with van der Waals surface area (Å²) in [7, 11) is 0. The number of hydrogen-bond donors (Lipinski definition) is 0. The molecule has 0 unspecified atom stereocenters. The maximum Gasteiger partial charge on any atom is -0.0146 e. The Kier molecular flexibility index (Phi) is 5.93. The van der Waals surface area contributed by atoms with E-state index in [1.807, 2.05) is 0 Å². The first-order chi connectivity index (χ1) is 14.5. The summed E-state index contributed by atoms with van der Waals surface area (Å²) >= 11 is 0. The minimum atomic E-state index is 0. The monoisotopic (exact) mass is 408 g/mol. The molecule has 2 aliphatic rings. The molecule has 6 rings (SSSR count). The van der Waals surface area contributed by atoms with E-state index in [1.54, 1.807) is 0 Å². The van der Waals surface area contributed by atoms with E-state index >= 15 is 0 Å². The Morgan fingerprint density at radius 3 is 1.10 bits per heavy atom. The summed E-state index contributed by atoms with van der Waals surface area (Å²) in [6, 6.07) is 23.9. The molecule has 0 atom stereocenters. The Labute approximate surface area is 188 Å². The van der Waals surface area contributed by atoms with Gasteiger partial charge >= 0.3 is 0 Å². The zero-order valence-electron chi connectivity index (χ0n) is 18.8. The third kappa shape index (κ3) is 3.89. The Morgan fingerprint density at radius 1 is 0.452 bits per heavy atom. The van der Waals surface area contributed by atoms with Crippen LogP contribution in [0.25, 0.3) is 21.5 Å². The second kappa shape index (κ2) is 8.50. The van der Waals surface area contributed by atoms with E-state index < -0.39 is 0 Å². The average molecular weight is 409 g/mol. The van der Waals surface area contributed by atoms with Gasteiger partial charge in [-0.05, 0) is 92.4 Å². The van der Waals surface area contributed by atoms with E-state index in [4.69, 9.17) is 0 Å². The zero-order chi connectivity index (χ0) is 20.8. The van der Waals surface area contributed by atoms with Crippen LogP contribution in [0.5, 0.6) is 0 Å². The Morgan fingerprint density at radius 2 is 0.774 bits per heavy atom. The third-order valence-electron chi connectivity index (χ3n) is 7.10. The van der Waals surface area contributed by atoms with E-state index in [-0.39, 0.29) is 7.43 Å². The van der Waals surface area contributed by atoms with Gasteiger partial charge in [-0.3, -0.25) is 0 Å². The van der Waals surface area contributed by atoms with Crippen molar-refractivity contribution >= 4 is 21.5 Å². The topological polar surface area (TPSA) is 0 Å². The number of fused-ring (bicyclic) bond motifs is 4. The minimum absolute atomic E-state index is 0. The average Bonchev–Trinajstić information content (AvgIpc) is 2.74. The highest BCUT2D eigenvalue weighted by atomic mass is 14.2. The van der Waals surface area contributed by atoms with Crippen molar-refractivity contribution in [3.8, 4) is 0 Å². The first kappa shape index (κ1) is 21.6. The van der Waals surface area contributed by atoms with Crippen LogP contribution < -0.4 is 0 Å². The number of aryl methyl sites for hydroxylation is 4. The fourth-order valence-electron chi connectivity index (χ4n) is 5.11. The Hall–Kier alpha value is -2.60. The van der Waals surface area contributed by atoms with Crippen LogP contribution in [0.4, 0.5) is 0 Å². The van der Waals surface area contributed by atoms with Crippen LogP contribution in [0.2, 0.25) is 0 Å². The zero-order valence-corrected chi connectivity index (χ0v) is 18.8. The van der Waals surface area contributed by atoms with Crippen molar-refractivity contribution in [2.75, 3.05) is 0 Å². The molecule has 2 aliphatic carbocycles.